The van der Waals surface area contributed by atoms with Gasteiger partial charge in [-0.15, -0.1) is 0 Å². The van der Waals surface area contributed by atoms with Crippen LogP contribution in [0.25, 0.3) is 22.5 Å². The lowest BCUT2D eigenvalue weighted by atomic mass is 9.86. The van der Waals surface area contributed by atoms with Gasteiger partial charge in [0.25, 0.3) is 0 Å². The summed E-state index contributed by atoms with van der Waals surface area (Å²) in [6.07, 6.45) is 0. The lowest BCUT2D eigenvalue weighted by Crippen LogP contribution is -2.13. The topological polar surface area (TPSA) is 65.5 Å². The molecule has 0 unspecified atom stereocenters. The molecule has 0 amide bonds. The van der Waals surface area contributed by atoms with Gasteiger partial charge in [0.1, 0.15) is 5.82 Å². The van der Waals surface area contributed by atoms with Crippen molar-refractivity contribution in [1.82, 2.24) is 4.98 Å². The number of pyridine rings is 1. The van der Waals surface area contributed by atoms with Gasteiger partial charge in [0.15, 0.2) is 0 Å². The summed E-state index contributed by atoms with van der Waals surface area (Å²) in [6.45, 7) is 7.61. The highest BCUT2D eigenvalue weighted by molar-refractivity contribution is 5.95. The van der Waals surface area contributed by atoms with Gasteiger partial charge in [0.2, 0.25) is 0 Å². The minimum atomic E-state index is -0.509. The molecule has 0 N–H and O–H groups in total. The number of hydrogen-bond donors (Lipinski definition) is 0. The summed E-state index contributed by atoms with van der Waals surface area (Å²) >= 11 is 0. The minimum Gasteiger partial charge on any atom is -0.465 e. The summed E-state index contributed by atoms with van der Waals surface area (Å²) in [6, 6.07) is 13.3. The number of carbonyl (C=O) groups excluding carboxylic acids is 2. The van der Waals surface area contributed by atoms with Crippen molar-refractivity contribution in [3.05, 3.63) is 76.6 Å². The van der Waals surface area contributed by atoms with Crippen molar-refractivity contribution in [3.8, 4) is 22.5 Å². The second kappa shape index (κ2) is 8.91. The van der Waals surface area contributed by atoms with E-state index in [9.17, 15) is 14.0 Å². The summed E-state index contributed by atoms with van der Waals surface area (Å²) in [7, 11) is 2.63. The van der Waals surface area contributed by atoms with Gasteiger partial charge in [-0.3, -0.25) is 0 Å². The third-order valence-electron chi connectivity index (χ3n) is 5.33. The predicted octanol–water partition coefficient (Wildman–Crippen LogP) is 5.73. The van der Waals surface area contributed by atoms with Crippen molar-refractivity contribution in [2.75, 3.05) is 14.2 Å². The van der Waals surface area contributed by atoms with Gasteiger partial charge in [-0.25, -0.2) is 19.0 Å². The third kappa shape index (κ3) is 4.54. The fourth-order valence-electron chi connectivity index (χ4n) is 3.52. The number of aromatic nitrogens is 1. The van der Waals surface area contributed by atoms with Crippen LogP contribution in [0, 0.1) is 12.7 Å². The van der Waals surface area contributed by atoms with Crippen LogP contribution in [0.4, 0.5) is 4.39 Å². The first-order valence-corrected chi connectivity index (χ1v) is 10.2. The Morgan fingerprint density at radius 3 is 2.00 bits per heavy atom. The van der Waals surface area contributed by atoms with Crippen molar-refractivity contribution in [2.45, 2.75) is 33.1 Å². The summed E-state index contributed by atoms with van der Waals surface area (Å²) in [5.74, 6) is -1.29. The molecule has 0 aliphatic carbocycles. The zero-order valence-corrected chi connectivity index (χ0v) is 19.1. The lowest BCUT2D eigenvalue weighted by Gasteiger charge is -2.20. The predicted molar refractivity (Wildman–Crippen MR) is 121 cm³/mol. The zero-order valence-electron chi connectivity index (χ0n) is 19.1. The monoisotopic (exact) mass is 435 g/mol. The smallest absolute Gasteiger partial charge is 0.338 e. The fourth-order valence-corrected chi connectivity index (χ4v) is 3.52. The molecule has 0 radical (unpaired) electrons. The van der Waals surface area contributed by atoms with E-state index < -0.39 is 11.9 Å². The van der Waals surface area contributed by atoms with E-state index in [1.54, 1.807) is 49.4 Å². The molecule has 0 atom stereocenters. The molecular formula is C26H26FNO4. The number of hydrogen-bond acceptors (Lipinski definition) is 5. The van der Waals surface area contributed by atoms with Crippen LogP contribution in [-0.4, -0.2) is 31.1 Å². The second-order valence-electron chi connectivity index (χ2n) is 8.53. The van der Waals surface area contributed by atoms with Crippen LogP contribution in [-0.2, 0) is 14.9 Å². The highest BCUT2D eigenvalue weighted by Gasteiger charge is 2.21. The van der Waals surface area contributed by atoms with Crippen LogP contribution < -0.4 is 0 Å². The van der Waals surface area contributed by atoms with Crippen molar-refractivity contribution in [3.63, 3.8) is 0 Å². The number of methoxy groups -OCH3 is 2. The highest BCUT2D eigenvalue weighted by Crippen LogP contribution is 2.32. The van der Waals surface area contributed by atoms with Crippen LogP contribution >= 0.6 is 0 Å². The summed E-state index contributed by atoms with van der Waals surface area (Å²) in [5, 5.41) is 0. The maximum atomic E-state index is 14.9. The number of carbonyl (C=O) groups is 2. The zero-order chi connectivity index (χ0) is 23.6. The standard InChI is InChI=1S/C26H26FNO4/c1-15-19(25(30)32-6)14-22(18-11-12-20(21(27)13-18)26(2,3)4)28-23(15)16-7-9-17(10-8-16)24(29)31-5/h7-14H,1-6H3. The van der Waals surface area contributed by atoms with E-state index in [1.165, 1.54) is 20.3 Å². The molecule has 1 heterocycles. The number of benzene rings is 2. The van der Waals surface area contributed by atoms with E-state index in [0.717, 1.165) is 0 Å². The first-order chi connectivity index (χ1) is 15.1. The molecule has 0 fully saturated rings. The Bertz CT molecular complexity index is 1180. The Kier molecular flexibility index (Phi) is 6.44. The van der Waals surface area contributed by atoms with Crippen LogP contribution in [0.1, 0.15) is 52.6 Å². The van der Waals surface area contributed by atoms with Gasteiger partial charge in [0.05, 0.1) is 36.7 Å². The molecule has 5 nitrogen and oxygen atoms in total. The Balaban J connectivity index is 2.18. The first-order valence-electron chi connectivity index (χ1n) is 10.2. The number of halogens is 1. The normalized spacial score (nSPS) is 11.2. The highest BCUT2D eigenvalue weighted by atomic mass is 19.1. The van der Waals surface area contributed by atoms with Gasteiger partial charge in [-0.2, -0.15) is 0 Å². The Morgan fingerprint density at radius 1 is 0.875 bits per heavy atom. The molecule has 0 saturated heterocycles. The molecule has 166 valence electrons. The quantitative estimate of drug-likeness (QED) is 0.490. The van der Waals surface area contributed by atoms with E-state index in [2.05, 4.69) is 0 Å². The van der Waals surface area contributed by atoms with Gasteiger partial charge in [0, 0.05) is 11.1 Å². The second-order valence-corrected chi connectivity index (χ2v) is 8.53. The molecule has 3 aromatic rings. The third-order valence-corrected chi connectivity index (χ3v) is 5.33. The average Bonchev–Trinajstić information content (AvgIpc) is 2.77. The maximum absolute atomic E-state index is 14.9. The lowest BCUT2D eigenvalue weighted by molar-refractivity contribution is 0.0591. The molecule has 0 aliphatic heterocycles. The summed E-state index contributed by atoms with van der Waals surface area (Å²) < 4.78 is 24.5. The molecule has 1 aromatic heterocycles. The molecule has 0 aliphatic rings. The van der Waals surface area contributed by atoms with E-state index >= 15 is 0 Å². The number of nitrogens with zero attached hydrogens (tertiary/aromatic N) is 1. The maximum Gasteiger partial charge on any atom is 0.338 e. The van der Waals surface area contributed by atoms with Gasteiger partial charge >= 0.3 is 11.9 Å². The van der Waals surface area contributed by atoms with E-state index in [1.807, 2.05) is 20.8 Å². The SMILES string of the molecule is COC(=O)c1ccc(-c2nc(-c3ccc(C(C)(C)C)c(F)c3)cc(C(=O)OC)c2C)cc1. The van der Waals surface area contributed by atoms with E-state index in [4.69, 9.17) is 14.5 Å². The van der Waals surface area contributed by atoms with Gasteiger partial charge < -0.3 is 9.47 Å². The van der Waals surface area contributed by atoms with Crippen molar-refractivity contribution in [1.29, 1.82) is 0 Å². The summed E-state index contributed by atoms with van der Waals surface area (Å²) in [4.78, 5) is 28.9. The summed E-state index contributed by atoms with van der Waals surface area (Å²) in [5.41, 5.74) is 3.86. The van der Waals surface area contributed by atoms with E-state index in [0.29, 0.717) is 44.8 Å². The van der Waals surface area contributed by atoms with Crippen molar-refractivity contribution in [2.24, 2.45) is 0 Å². The van der Waals surface area contributed by atoms with Crippen LogP contribution in [0.2, 0.25) is 0 Å². The van der Waals surface area contributed by atoms with E-state index in [-0.39, 0.29) is 11.2 Å². The number of esters is 2. The molecule has 6 heteroatoms. The minimum absolute atomic E-state index is 0.332. The van der Waals surface area contributed by atoms with Crippen molar-refractivity contribution < 1.29 is 23.5 Å². The van der Waals surface area contributed by atoms with Crippen LogP contribution in [0.5, 0.6) is 0 Å². The average molecular weight is 435 g/mol. The van der Waals surface area contributed by atoms with Gasteiger partial charge in [-0.1, -0.05) is 45.0 Å². The van der Waals surface area contributed by atoms with Gasteiger partial charge in [-0.05, 0) is 47.7 Å². The molecular weight excluding hydrogens is 409 g/mol. The van der Waals surface area contributed by atoms with Crippen molar-refractivity contribution >= 4 is 11.9 Å². The molecule has 2 aromatic carbocycles. The van der Waals surface area contributed by atoms with Crippen LogP contribution in [0.15, 0.2) is 48.5 Å². The fraction of sp³-hybridized carbons (Fsp3) is 0.269. The molecule has 0 spiro atoms. The molecule has 0 saturated carbocycles. The molecule has 0 bridgehead atoms. The largest absolute Gasteiger partial charge is 0.465 e. The molecule has 32 heavy (non-hydrogen) atoms. The Hall–Kier alpha value is -3.54. The number of ether oxygens (including phenoxy) is 2. The Morgan fingerprint density at radius 2 is 1.47 bits per heavy atom. The molecule has 3 rings (SSSR count). The Labute approximate surface area is 187 Å². The first kappa shape index (κ1) is 23.1. The number of rotatable bonds is 4. The van der Waals surface area contributed by atoms with Crippen LogP contribution in [0.3, 0.4) is 0 Å².